The van der Waals surface area contributed by atoms with Gasteiger partial charge in [0.05, 0.1) is 5.69 Å². The van der Waals surface area contributed by atoms with Crippen molar-refractivity contribution in [2.24, 2.45) is 7.05 Å². The molecule has 1 rings (SSSR count). The van der Waals surface area contributed by atoms with E-state index in [1.165, 1.54) is 11.3 Å². The first-order valence-corrected chi connectivity index (χ1v) is 4.26. The summed E-state index contributed by atoms with van der Waals surface area (Å²) in [6.07, 6.45) is 4.05. The molecule has 0 radical (unpaired) electrons. The molecule has 0 N–H and O–H groups in total. The van der Waals surface area contributed by atoms with Gasteiger partial charge in [-0.25, -0.2) is 0 Å². The van der Waals surface area contributed by atoms with Crippen molar-refractivity contribution >= 4 is 0 Å². The zero-order valence-corrected chi connectivity index (χ0v) is 8.09. The van der Waals surface area contributed by atoms with Gasteiger partial charge in [-0.2, -0.15) is 5.10 Å². The summed E-state index contributed by atoms with van der Waals surface area (Å²) in [6, 6.07) is 0. The van der Waals surface area contributed by atoms with Gasteiger partial charge < -0.3 is 0 Å². The van der Waals surface area contributed by atoms with Gasteiger partial charge in [0, 0.05) is 12.7 Å². The number of hydrogen-bond acceptors (Lipinski definition) is 1. The number of allylic oxidation sites excluding steroid dienone is 1. The van der Waals surface area contributed by atoms with Gasteiger partial charge in [-0.15, -0.1) is 6.58 Å². The van der Waals surface area contributed by atoms with Gasteiger partial charge in [-0.05, 0) is 32.3 Å². The molecule has 0 aromatic carbocycles. The highest BCUT2D eigenvalue weighted by Gasteiger charge is 2.06. The second-order valence-electron chi connectivity index (χ2n) is 3.10. The van der Waals surface area contributed by atoms with E-state index in [4.69, 9.17) is 0 Å². The first-order valence-electron chi connectivity index (χ1n) is 4.26. The first-order chi connectivity index (χ1) is 5.66. The lowest BCUT2D eigenvalue weighted by Crippen LogP contribution is -1.93. The molecule has 0 atom stereocenters. The van der Waals surface area contributed by atoms with E-state index in [1.54, 1.807) is 0 Å². The van der Waals surface area contributed by atoms with Crippen LogP contribution in [0.15, 0.2) is 12.7 Å². The maximum absolute atomic E-state index is 4.35. The molecule has 1 heterocycles. The summed E-state index contributed by atoms with van der Waals surface area (Å²) in [5.74, 6) is 0. The van der Waals surface area contributed by atoms with Crippen molar-refractivity contribution in [2.45, 2.75) is 26.7 Å². The van der Waals surface area contributed by atoms with Crippen molar-refractivity contribution in [1.29, 1.82) is 0 Å². The lowest BCUT2D eigenvalue weighted by atomic mass is 10.1. The van der Waals surface area contributed by atoms with E-state index in [2.05, 4.69) is 25.5 Å². The van der Waals surface area contributed by atoms with Crippen LogP contribution in [-0.2, 0) is 13.5 Å². The molecule has 0 aliphatic rings. The van der Waals surface area contributed by atoms with Crippen molar-refractivity contribution in [2.75, 3.05) is 0 Å². The highest BCUT2D eigenvalue weighted by Crippen LogP contribution is 2.13. The molecule has 1 aromatic heterocycles. The molecule has 0 unspecified atom stereocenters. The summed E-state index contributed by atoms with van der Waals surface area (Å²) < 4.78 is 1.94. The van der Waals surface area contributed by atoms with Gasteiger partial charge >= 0.3 is 0 Å². The molecule has 2 nitrogen and oxygen atoms in total. The van der Waals surface area contributed by atoms with Crippen molar-refractivity contribution in [3.05, 3.63) is 29.6 Å². The summed E-state index contributed by atoms with van der Waals surface area (Å²) in [4.78, 5) is 0. The zero-order chi connectivity index (χ0) is 9.14. The minimum absolute atomic E-state index is 1.04. The average Bonchev–Trinajstić information content (AvgIpc) is 2.25. The first kappa shape index (κ1) is 9.04. The standard InChI is InChI=1S/C10H16N2/c1-5-6-7-10-8(2)11-12(4)9(10)3/h5H,1,6-7H2,2-4H3. The molecular weight excluding hydrogens is 148 g/mol. The highest BCUT2D eigenvalue weighted by atomic mass is 15.3. The lowest BCUT2D eigenvalue weighted by Gasteiger charge is -1.98. The number of rotatable bonds is 3. The molecule has 0 fully saturated rings. The molecule has 0 amide bonds. The van der Waals surface area contributed by atoms with Crippen molar-refractivity contribution in [1.82, 2.24) is 9.78 Å². The smallest absolute Gasteiger partial charge is 0.0628 e. The number of hydrogen-bond donors (Lipinski definition) is 0. The Balaban J connectivity index is 2.89. The molecule has 1 aromatic rings. The van der Waals surface area contributed by atoms with Crippen LogP contribution in [-0.4, -0.2) is 9.78 Å². The van der Waals surface area contributed by atoms with Gasteiger partial charge in [0.15, 0.2) is 0 Å². The Morgan fingerprint density at radius 2 is 2.17 bits per heavy atom. The quantitative estimate of drug-likeness (QED) is 0.626. The molecule has 12 heavy (non-hydrogen) atoms. The molecule has 0 aliphatic carbocycles. The van der Waals surface area contributed by atoms with Gasteiger partial charge in [0.1, 0.15) is 0 Å². The molecular formula is C10H16N2. The predicted octanol–water partition coefficient (Wildman–Crippen LogP) is 2.16. The summed E-state index contributed by atoms with van der Waals surface area (Å²) in [5.41, 5.74) is 3.80. The van der Waals surface area contributed by atoms with Crippen molar-refractivity contribution in [3.63, 3.8) is 0 Å². The van der Waals surface area contributed by atoms with E-state index in [0.29, 0.717) is 0 Å². The van der Waals surface area contributed by atoms with Gasteiger partial charge in [-0.1, -0.05) is 6.08 Å². The van der Waals surface area contributed by atoms with E-state index in [-0.39, 0.29) is 0 Å². The van der Waals surface area contributed by atoms with Crippen LogP contribution in [0.5, 0.6) is 0 Å². The third kappa shape index (κ3) is 1.58. The Labute approximate surface area is 73.9 Å². The zero-order valence-electron chi connectivity index (χ0n) is 8.09. The minimum atomic E-state index is 1.04. The fourth-order valence-electron chi connectivity index (χ4n) is 1.43. The molecule has 0 saturated carbocycles. The summed E-state index contributed by atoms with van der Waals surface area (Å²) in [6.45, 7) is 7.89. The maximum Gasteiger partial charge on any atom is 0.0628 e. The fraction of sp³-hybridized carbons (Fsp3) is 0.500. The van der Waals surface area contributed by atoms with E-state index >= 15 is 0 Å². The van der Waals surface area contributed by atoms with Crippen LogP contribution >= 0.6 is 0 Å². The minimum Gasteiger partial charge on any atom is -0.272 e. The molecule has 2 heteroatoms. The normalized spacial score (nSPS) is 10.2. The van der Waals surface area contributed by atoms with E-state index in [1.807, 2.05) is 17.8 Å². The molecule has 66 valence electrons. The number of aromatic nitrogens is 2. The molecule has 0 spiro atoms. The van der Waals surface area contributed by atoms with E-state index in [9.17, 15) is 0 Å². The van der Waals surface area contributed by atoms with Crippen LogP contribution in [0.25, 0.3) is 0 Å². The van der Waals surface area contributed by atoms with Crippen LogP contribution in [0, 0.1) is 13.8 Å². The van der Waals surface area contributed by atoms with Crippen LogP contribution < -0.4 is 0 Å². The highest BCUT2D eigenvalue weighted by molar-refractivity contribution is 5.24. The largest absolute Gasteiger partial charge is 0.272 e. The van der Waals surface area contributed by atoms with Crippen LogP contribution in [0.4, 0.5) is 0 Å². The van der Waals surface area contributed by atoms with Crippen molar-refractivity contribution < 1.29 is 0 Å². The Morgan fingerprint density at radius 1 is 1.50 bits per heavy atom. The second kappa shape index (κ2) is 3.57. The average molecular weight is 164 g/mol. The Hall–Kier alpha value is -1.05. The second-order valence-corrected chi connectivity index (χ2v) is 3.10. The number of aryl methyl sites for hydroxylation is 2. The third-order valence-corrected chi connectivity index (χ3v) is 2.26. The van der Waals surface area contributed by atoms with E-state index < -0.39 is 0 Å². The van der Waals surface area contributed by atoms with Crippen LogP contribution in [0.2, 0.25) is 0 Å². The Bertz CT molecular complexity index is 284. The van der Waals surface area contributed by atoms with E-state index in [0.717, 1.165) is 18.5 Å². The van der Waals surface area contributed by atoms with Gasteiger partial charge in [-0.3, -0.25) is 4.68 Å². The maximum atomic E-state index is 4.35. The van der Waals surface area contributed by atoms with Crippen LogP contribution in [0.3, 0.4) is 0 Å². The SMILES string of the molecule is C=CCCc1c(C)nn(C)c1C. The van der Waals surface area contributed by atoms with Crippen LogP contribution in [0.1, 0.15) is 23.4 Å². The third-order valence-electron chi connectivity index (χ3n) is 2.26. The fourth-order valence-corrected chi connectivity index (χ4v) is 1.43. The predicted molar refractivity (Wildman–Crippen MR) is 51.2 cm³/mol. The van der Waals surface area contributed by atoms with Crippen molar-refractivity contribution in [3.8, 4) is 0 Å². The lowest BCUT2D eigenvalue weighted by molar-refractivity contribution is 0.730. The summed E-state index contributed by atoms with van der Waals surface area (Å²) >= 11 is 0. The molecule has 0 aliphatic heterocycles. The molecule has 0 bridgehead atoms. The summed E-state index contributed by atoms with van der Waals surface area (Å²) in [7, 11) is 1.99. The monoisotopic (exact) mass is 164 g/mol. The summed E-state index contributed by atoms with van der Waals surface area (Å²) in [5, 5.41) is 4.35. The molecule has 0 saturated heterocycles. The van der Waals surface area contributed by atoms with Gasteiger partial charge in [0.2, 0.25) is 0 Å². The Morgan fingerprint density at radius 3 is 2.58 bits per heavy atom. The number of nitrogens with zero attached hydrogens (tertiary/aromatic N) is 2. The Kier molecular flexibility index (Phi) is 2.69. The van der Waals surface area contributed by atoms with Gasteiger partial charge in [0.25, 0.3) is 0 Å². The topological polar surface area (TPSA) is 17.8 Å².